The molecule has 0 bridgehead atoms. The smallest absolute Gasteiger partial charge is 0.306 e. The molecule has 0 fully saturated rings. The summed E-state index contributed by atoms with van der Waals surface area (Å²) in [7, 11) is 0. The van der Waals surface area contributed by atoms with Gasteiger partial charge in [-0.3, -0.25) is 14.4 Å². The van der Waals surface area contributed by atoms with Crippen molar-refractivity contribution in [1.82, 2.24) is 0 Å². The van der Waals surface area contributed by atoms with Gasteiger partial charge in [0.1, 0.15) is 13.2 Å². The van der Waals surface area contributed by atoms with Crippen molar-refractivity contribution < 1.29 is 28.6 Å². The van der Waals surface area contributed by atoms with Crippen molar-refractivity contribution >= 4 is 17.9 Å². The molecule has 1 atom stereocenters. The highest BCUT2D eigenvalue weighted by molar-refractivity contribution is 5.71. The van der Waals surface area contributed by atoms with Crippen LogP contribution in [0, 0.1) is 0 Å². The van der Waals surface area contributed by atoms with Crippen LogP contribution in [0.4, 0.5) is 0 Å². The van der Waals surface area contributed by atoms with Crippen LogP contribution < -0.4 is 0 Å². The molecule has 0 aromatic carbocycles. The predicted octanol–water partition coefficient (Wildman–Crippen LogP) is 23.3. The standard InChI is InChI=1S/C72H128O6/c1-4-7-10-13-16-19-22-25-27-29-31-32-33-34-35-36-37-38-39-40-42-43-45-47-50-53-56-59-62-65-71(74)77-68-69(67-76-70(73)64-61-58-55-52-49-24-21-18-15-12-9-6-3)78-72(75)66-63-60-57-54-51-48-46-44-41-30-28-26-23-20-17-14-11-8-5-2/h8,11,17,20,22,25-26,28-29,31,41,44,69H,4-7,9-10,12-16,18-19,21,23-24,27,30,32-40,42-43,45-68H2,1-3H3/b11-8-,20-17-,25-22-,28-26-,31-29-,44-41-. The summed E-state index contributed by atoms with van der Waals surface area (Å²) < 4.78 is 16.9. The zero-order valence-corrected chi connectivity index (χ0v) is 51.9. The summed E-state index contributed by atoms with van der Waals surface area (Å²) in [6.07, 6.45) is 86.4. The second-order valence-corrected chi connectivity index (χ2v) is 22.7. The van der Waals surface area contributed by atoms with Crippen molar-refractivity contribution in [3.05, 3.63) is 72.9 Å². The fourth-order valence-electron chi connectivity index (χ4n) is 9.88. The van der Waals surface area contributed by atoms with E-state index < -0.39 is 6.10 Å². The Morgan fingerprint density at radius 2 is 0.500 bits per heavy atom. The zero-order chi connectivity index (χ0) is 56.4. The first-order chi connectivity index (χ1) is 38.5. The Hall–Kier alpha value is -3.15. The maximum atomic E-state index is 12.9. The monoisotopic (exact) mass is 1090 g/mol. The number of esters is 3. The maximum Gasteiger partial charge on any atom is 0.306 e. The Balaban J connectivity index is 4.21. The second kappa shape index (κ2) is 66.4. The van der Waals surface area contributed by atoms with Crippen LogP contribution in [0.15, 0.2) is 72.9 Å². The third kappa shape index (κ3) is 63.7. The SMILES string of the molecule is CC/C=C\C/C=C\C/C=C\C/C=C\CCCCCCCCC(=O)OC(COC(=O)CCCCCCCCCCCCCC)COC(=O)CCCCCCCCCCCCCCCCCCC/C=C\C/C=C\CCCCCCC. The minimum atomic E-state index is -0.781. The average molecular weight is 1090 g/mol. The Morgan fingerprint density at radius 1 is 0.269 bits per heavy atom. The lowest BCUT2D eigenvalue weighted by molar-refractivity contribution is -0.167. The van der Waals surface area contributed by atoms with Gasteiger partial charge in [0.15, 0.2) is 6.10 Å². The van der Waals surface area contributed by atoms with E-state index in [-0.39, 0.29) is 31.1 Å². The first-order valence-electron chi connectivity index (χ1n) is 33.9. The van der Waals surface area contributed by atoms with Gasteiger partial charge in [-0.1, -0.05) is 312 Å². The van der Waals surface area contributed by atoms with Crippen molar-refractivity contribution in [3.8, 4) is 0 Å². The molecule has 0 rings (SSSR count). The Labute approximate surface area is 484 Å². The molecule has 6 nitrogen and oxygen atoms in total. The van der Waals surface area contributed by atoms with E-state index >= 15 is 0 Å². The molecule has 0 spiro atoms. The Bertz CT molecular complexity index is 1440. The van der Waals surface area contributed by atoms with E-state index in [0.717, 1.165) is 103 Å². The van der Waals surface area contributed by atoms with E-state index in [1.807, 2.05) is 0 Å². The van der Waals surface area contributed by atoms with Gasteiger partial charge in [0.05, 0.1) is 0 Å². The quantitative estimate of drug-likeness (QED) is 0.0261. The molecule has 0 radical (unpaired) electrons. The maximum absolute atomic E-state index is 12.9. The number of carbonyl (C=O) groups excluding carboxylic acids is 3. The van der Waals surface area contributed by atoms with E-state index in [1.165, 1.54) is 205 Å². The van der Waals surface area contributed by atoms with Gasteiger partial charge >= 0.3 is 17.9 Å². The van der Waals surface area contributed by atoms with Crippen molar-refractivity contribution in [2.75, 3.05) is 13.2 Å². The molecule has 0 N–H and O–H groups in total. The molecule has 0 saturated carbocycles. The number of rotatable bonds is 62. The molecule has 0 amide bonds. The first-order valence-corrected chi connectivity index (χ1v) is 33.9. The topological polar surface area (TPSA) is 78.9 Å². The minimum Gasteiger partial charge on any atom is -0.462 e. The van der Waals surface area contributed by atoms with Gasteiger partial charge in [-0.15, -0.1) is 0 Å². The largest absolute Gasteiger partial charge is 0.462 e. The highest BCUT2D eigenvalue weighted by atomic mass is 16.6. The van der Waals surface area contributed by atoms with Gasteiger partial charge in [-0.05, 0) is 89.9 Å². The fourth-order valence-corrected chi connectivity index (χ4v) is 9.88. The number of hydrogen-bond acceptors (Lipinski definition) is 6. The van der Waals surface area contributed by atoms with Crippen LogP contribution in [-0.4, -0.2) is 37.2 Å². The lowest BCUT2D eigenvalue weighted by Crippen LogP contribution is -2.30. The summed E-state index contributed by atoms with van der Waals surface area (Å²) in [5, 5.41) is 0. The third-order valence-corrected chi connectivity index (χ3v) is 14.9. The summed E-state index contributed by atoms with van der Waals surface area (Å²) in [6, 6.07) is 0. The summed E-state index contributed by atoms with van der Waals surface area (Å²) in [4.78, 5) is 38.3. The van der Waals surface area contributed by atoms with Crippen LogP contribution in [0.3, 0.4) is 0 Å². The van der Waals surface area contributed by atoms with Gasteiger partial charge < -0.3 is 14.2 Å². The van der Waals surface area contributed by atoms with Crippen LogP contribution in [0.5, 0.6) is 0 Å². The second-order valence-electron chi connectivity index (χ2n) is 22.7. The third-order valence-electron chi connectivity index (χ3n) is 14.9. The number of hydrogen-bond donors (Lipinski definition) is 0. The van der Waals surface area contributed by atoms with E-state index in [1.54, 1.807) is 0 Å². The molecule has 1 unspecified atom stereocenters. The van der Waals surface area contributed by atoms with Crippen molar-refractivity contribution in [2.45, 2.75) is 354 Å². The van der Waals surface area contributed by atoms with Crippen molar-refractivity contribution in [1.29, 1.82) is 0 Å². The predicted molar refractivity (Wildman–Crippen MR) is 339 cm³/mol. The van der Waals surface area contributed by atoms with E-state index in [2.05, 4.69) is 93.7 Å². The summed E-state index contributed by atoms with van der Waals surface area (Å²) in [5.74, 6) is -0.873. The number of carbonyl (C=O) groups is 3. The van der Waals surface area contributed by atoms with Gasteiger partial charge in [-0.25, -0.2) is 0 Å². The molecule has 0 aliphatic carbocycles. The van der Waals surface area contributed by atoms with E-state index in [9.17, 15) is 14.4 Å². The molecule has 0 aromatic rings. The molecule has 0 aliphatic rings. The van der Waals surface area contributed by atoms with E-state index in [0.29, 0.717) is 19.3 Å². The van der Waals surface area contributed by atoms with Crippen LogP contribution in [-0.2, 0) is 28.6 Å². The van der Waals surface area contributed by atoms with Gasteiger partial charge in [-0.2, -0.15) is 0 Å². The molecule has 0 heterocycles. The number of unbranched alkanes of at least 4 members (excludes halogenated alkanes) is 39. The Kier molecular flexibility index (Phi) is 63.7. The summed E-state index contributed by atoms with van der Waals surface area (Å²) in [5.41, 5.74) is 0. The highest BCUT2D eigenvalue weighted by Gasteiger charge is 2.19. The molecule has 0 aliphatic heterocycles. The normalized spacial score (nSPS) is 12.5. The molecule has 6 heteroatoms. The fraction of sp³-hybridized carbons (Fsp3) is 0.792. The van der Waals surface area contributed by atoms with Gasteiger partial charge in [0, 0.05) is 19.3 Å². The summed E-state index contributed by atoms with van der Waals surface area (Å²) in [6.45, 7) is 6.55. The molecular formula is C72H128O6. The first kappa shape index (κ1) is 74.8. The van der Waals surface area contributed by atoms with Crippen LogP contribution in [0.1, 0.15) is 348 Å². The lowest BCUT2D eigenvalue weighted by Gasteiger charge is -2.18. The van der Waals surface area contributed by atoms with Gasteiger partial charge in [0.2, 0.25) is 0 Å². The van der Waals surface area contributed by atoms with Gasteiger partial charge in [0.25, 0.3) is 0 Å². The van der Waals surface area contributed by atoms with Crippen molar-refractivity contribution in [3.63, 3.8) is 0 Å². The molecule has 0 aromatic heterocycles. The summed E-state index contributed by atoms with van der Waals surface area (Å²) >= 11 is 0. The molecule has 0 saturated heterocycles. The van der Waals surface area contributed by atoms with Crippen LogP contribution >= 0.6 is 0 Å². The zero-order valence-electron chi connectivity index (χ0n) is 51.9. The molecular weight excluding hydrogens is 961 g/mol. The van der Waals surface area contributed by atoms with Crippen LogP contribution in [0.2, 0.25) is 0 Å². The lowest BCUT2D eigenvalue weighted by atomic mass is 10.0. The number of ether oxygens (including phenoxy) is 3. The highest BCUT2D eigenvalue weighted by Crippen LogP contribution is 2.17. The molecule has 78 heavy (non-hydrogen) atoms. The average Bonchev–Trinajstić information content (AvgIpc) is 3.44. The van der Waals surface area contributed by atoms with Crippen molar-refractivity contribution in [2.24, 2.45) is 0 Å². The number of allylic oxidation sites excluding steroid dienone is 12. The molecule has 452 valence electrons. The Morgan fingerprint density at radius 3 is 0.782 bits per heavy atom. The van der Waals surface area contributed by atoms with Crippen LogP contribution in [0.25, 0.3) is 0 Å². The van der Waals surface area contributed by atoms with E-state index in [4.69, 9.17) is 14.2 Å². The minimum absolute atomic E-state index is 0.0772.